The lowest BCUT2D eigenvalue weighted by Crippen LogP contribution is -2.52. The molecule has 23 heteroatoms. The molecule has 0 saturated carbocycles. The number of fused-ring (bicyclic) bond motifs is 3. The number of hydrogen-bond donors (Lipinski definition) is 8. The largest absolute Gasteiger partial charge is 0.481 e. The predicted molar refractivity (Wildman–Crippen MR) is 258 cm³/mol. The number of ether oxygens (including phenoxy) is 3. The minimum Gasteiger partial charge on any atom is -0.462 e. The van der Waals surface area contributed by atoms with Gasteiger partial charge >= 0.3 is 33.3 Å². The zero-order valence-corrected chi connectivity index (χ0v) is 42.9. The number of phosphoric ester groups is 2. The van der Waals surface area contributed by atoms with Crippen LogP contribution in [-0.2, 0) is 46.3 Å². The molecule has 3 rings (SSSR count). The Kier molecular flexibility index (Phi) is 28.4. The maximum Gasteiger partial charge on any atom is 0.481 e. The lowest BCUT2D eigenvalue weighted by atomic mass is 9.82. The minimum absolute atomic E-state index is 0.00194. The van der Waals surface area contributed by atoms with Crippen LogP contribution in [0.4, 0.5) is 5.82 Å². The van der Waals surface area contributed by atoms with Crippen molar-refractivity contribution in [3.8, 4) is 0 Å². The Balaban J connectivity index is 1.87. The van der Waals surface area contributed by atoms with Crippen molar-refractivity contribution in [1.82, 2.24) is 9.55 Å². The molecule has 1 aromatic rings. The van der Waals surface area contributed by atoms with Crippen molar-refractivity contribution in [3.05, 3.63) is 47.1 Å². The maximum absolute atomic E-state index is 13.4. The number of carbonyl (C=O) groups is 2. The predicted octanol–water partition coefficient (Wildman–Crippen LogP) is 6.07. The fourth-order valence-corrected chi connectivity index (χ4v) is 10.4. The Labute approximate surface area is 412 Å². The number of carbonyl (C=O) groups excluding carboxylic acids is 2. The molecule has 2 bridgehead atoms. The van der Waals surface area contributed by atoms with Crippen LogP contribution in [0.25, 0.3) is 0 Å². The molecule has 12 atom stereocenters. The zero-order chi connectivity index (χ0) is 51.7. The molecule has 0 amide bonds. The molecule has 2 aliphatic rings. The number of allylic oxidation sites excluding steroid dienone is 2. The van der Waals surface area contributed by atoms with Gasteiger partial charge in [0.05, 0.1) is 37.6 Å². The van der Waals surface area contributed by atoms with Crippen LogP contribution in [0.15, 0.2) is 41.4 Å². The van der Waals surface area contributed by atoms with E-state index in [2.05, 4.69) is 23.1 Å². The lowest BCUT2D eigenvalue weighted by Gasteiger charge is -2.40. The summed E-state index contributed by atoms with van der Waals surface area (Å²) in [5.74, 6) is -3.44. The third-order valence-corrected chi connectivity index (χ3v) is 14.9. The van der Waals surface area contributed by atoms with Gasteiger partial charge in [0.1, 0.15) is 30.9 Å². The van der Waals surface area contributed by atoms with E-state index in [-0.39, 0.29) is 31.5 Å². The van der Waals surface area contributed by atoms with E-state index in [1.54, 1.807) is 12.2 Å². The van der Waals surface area contributed by atoms with E-state index in [4.69, 9.17) is 29.0 Å². The van der Waals surface area contributed by atoms with Crippen LogP contribution < -0.4 is 11.4 Å². The normalized spacial score (nSPS) is 31.4. The monoisotopic (exact) mass is 1040 g/mol. The average Bonchev–Trinajstić information content (AvgIpc) is 3.28. The van der Waals surface area contributed by atoms with E-state index in [1.807, 2.05) is 6.92 Å². The van der Waals surface area contributed by atoms with E-state index in [0.717, 1.165) is 49.5 Å². The van der Waals surface area contributed by atoms with Crippen LogP contribution in [0.2, 0.25) is 0 Å². The summed E-state index contributed by atoms with van der Waals surface area (Å²) in [5.41, 5.74) is 4.77. The lowest BCUT2D eigenvalue weighted by molar-refractivity contribution is -0.194. The molecule has 0 aromatic carbocycles. The molecule has 0 aliphatic carbocycles. The van der Waals surface area contributed by atoms with Crippen LogP contribution in [0.5, 0.6) is 0 Å². The van der Waals surface area contributed by atoms with Gasteiger partial charge in [0.15, 0.2) is 6.10 Å². The molecule has 3 heterocycles. The van der Waals surface area contributed by atoms with Crippen LogP contribution in [0.1, 0.15) is 155 Å². The molecule has 2 unspecified atom stereocenters. The summed E-state index contributed by atoms with van der Waals surface area (Å²) in [6.45, 7) is 3.72. The van der Waals surface area contributed by atoms with Crippen LogP contribution in [0, 0.1) is 17.8 Å². The molecule has 402 valence electrons. The molecule has 21 nitrogen and oxygen atoms in total. The number of aliphatic hydroxyl groups excluding tert-OH is 5. The number of esters is 2. The first-order chi connectivity index (χ1) is 33.2. The molecule has 1 fully saturated rings. The molecule has 0 spiro atoms. The first-order valence-electron chi connectivity index (χ1n) is 25.0. The highest BCUT2D eigenvalue weighted by Gasteiger charge is 2.45. The Morgan fingerprint density at radius 2 is 1.53 bits per heavy atom. The molecular formula is C47H81N3O18P2. The summed E-state index contributed by atoms with van der Waals surface area (Å²) < 4.78 is 59.0. The van der Waals surface area contributed by atoms with Crippen LogP contribution in [0.3, 0.4) is 0 Å². The third kappa shape index (κ3) is 23.8. The van der Waals surface area contributed by atoms with Gasteiger partial charge in [-0.15, -0.1) is 0 Å². The van der Waals surface area contributed by atoms with Gasteiger partial charge in [-0.3, -0.25) is 23.2 Å². The first-order valence-corrected chi connectivity index (χ1v) is 28.0. The molecule has 70 heavy (non-hydrogen) atoms. The number of unbranched alkanes of at least 4 members (excludes halogenated alkanes) is 10. The van der Waals surface area contributed by atoms with Crippen LogP contribution in [-0.4, -0.2) is 119 Å². The van der Waals surface area contributed by atoms with Crippen molar-refractivity contribution in [2.75, 3.05) is 25.6 Å². The van der Waals surface area contributed by atoms with Crippen molar-refractivity contribution in [3.63, 3.8) is 0 Å². The second kappa shape index (κ2) is 32.3. The molecule has 1 saturated heterocycles. The standard InChI is InChI=1S/C47H81N3O18P2/c1-4-5-15-21-34(51)25-26-36-38(52)29-39(53)37-22-17-13-14-18-23-42(54)63-30-35(66-43(55)24-19-12-10-8-6-7-9-11-16-20-33(2)3)31-64-69(59,60)68-70(61,62)65-32-40(45(57)44(36)56)67-46(37)50-28-27-41(48)49-47(50)58/h13,17,25-28,33-40,44-46,51-53,56-57H,4-12,14-16,18-24,29-32H2,1-3H3,(H,59,60)(H,61,62)(H2,48,49,58)/b17-13-,26-25+/t34-,35+,36-,37-,38+,39-,40+,44-,45+,46+/m0/s1. The number of aromatic nitrogens is 2. The maximum atomic E-state index is 13.4. The van der Waals surface area contributed by atoms with E-state index in [0.29, 0.717) is 31.6 Å². The molecule has 2 aliphatic heterocycles. The van der Waals surface area contributed by atoms with Crippen molar-refractivity contribution in [2.24, 2.45) is 17.8 Å². The third-order valence-electron chi connectivity index (χ3n) is 12.3. The fraction of sp³-hybridized carbons (Fsp3) is 0.787. The van der Waals surface area contributed by atoms with E-state index < -0.39 is 120 Å². The van der Waals surface area contributed by atoms with Gasteiger partial charge in [-0.1, -0.05) is 122 Å². The summed E-state index contributed by atoms with van der Waals surface area (Å²) >= 11 is 0. The van der Waals surface area contributed by atoms with Gasteiger partial charge in [-0.2, -0.15) is 9.29 Å². The highest BCUT2D eigenvalue weighted by molar-refractivity contribution is 7.61. The molecule has 9 N–H and O–H groups in total. The van der Waals surface area contributed by atoms with Crippen molar-refractivity contribution in [2.45, 2.75) is 198 Å². The Bertz CT molecular complexity index is 1900. The summed E-state index contributed by atoms with van der Waals surface area (Å²) in [6.07, 6.45) is 6.92. The fourth-order valence-electron chi connectivity index (χ4n) is 8.24. The number of cyclic esters (lactones) is 1. The summed E-state index contributed by atoms with van der Waals surface area (Å²) in [5, 5.41) is 57.4. The Morgan fingerprint density at radius 1 is 0.886 bits per heavy atom. The number of nitrogens with two attached hydrogens (primary N) is 1. The van der Waals surface area contributed by atoms with Gasteiger partial charge in [-0.05, 0) is 44.1 Å². The van der Waals surface area contributed by atoms with Crippen LogP contribution >= 0.6 is 15.6 Å². The average molecular weight is 1040 g/mol. The molecule has 0 radical (unpaired) electrons. The highest BCUT2D eigenvalue weighted by Crippen LogP contribution is 2.60. The van der Waals surface area contributed by atoms with Crippen molar-refractivity contribution in [1.29, 1.82) is 0 Å². The molecule has 1 aromatic heterocycles. The summed E-state index contributed by atoms with van der Waals surface area (Å²) in [6, 6.07) is 1.24. The second-order valence-electron chi connectivity index (χ2n) is 18.8. The number of nitrogen functional groups attached to an aromatic ring is 1. The zero-order valence-electron chi connectivity index (χ0n) is 41.1. The van der Waals surface area contributed by atoms with E-state index in [9.17, 15) is 58.8 Å². The van der Waals surface area contributed by atoms with E-state index in [1.165, 1.54) is 50.1 Å². The number of nitrogens with zero attached hydrogens (tertiary/aromatic N) is 2. The smallest absolute Gasteiger partial charge is 0.462 e. The highest BCUT2D eigenvalue weighted by atomic mass is 31.3. The number of anilines is 1. The number of phosphoric acid groups is 2. The van der Waals surface area contributed by atoms with Crippen molar-refractivity contribution >= 4 is 33.4 Å². The van der Waals surface area contributed by atoms with Gasteiger partial charge in [0.2, 0.25) is 0 Å². The summed E-state index contributed by atoms with van der Waals surface area (Å²) in [4.78, 5) is 64.1. The van der Waals surface area contributed by atoms with Gasteiger partial charge in [-0.25, -0.2) is 13.9 Å². The minimum atomic E-state index is -5.70. The molecular weight excluding hydrogens is 956 g/mol. The number of rotatable bonds is 20. The SMILES string of the molecule is CCCCC[C@H](O)/C=C/[C@@H]1[C@H](O)[C@H](O)[C@H]2COP(=O)(O)OP(=O)(O)OC[C@H](OC(=O)CCCCCCCCCCCC(C)C)COC(=O)CCC/C=C\C[C@H]([C@H](n3ccc(N)nc3=O)O2)[C@@H](O)C[C@H]1O. The topological polar surface area (TPSA) is 326 Å². The Hall–Kier alpha value is -2.88. The number of aliphatic hydroxyl groups is 5. The van der Waals surface area contributed by atoms with Crippen molar-refractivity contribution < 1.29 is 81.6 Å². The second-order valence-corrected chi connectivity index (χ2v) is 21.8. The number of hydrogen-bond acceptors (Lipinski definition) is 18. The van der Waals surface area contributed by atoms with Gasteiger partial charge in [0, 0.05) is 37.3 Å². The first kappa shape index (κ1) is 61.4. The quantitative estimate of drug-likeness (QED) is 0.0318. The summed E-state index contributed by atoms with van der Waals surface area (Å²) in [7, 11) is -11.3. The van der Waals surface area contributed by atoms with Gasteiger partial charge in [0.25, 0.3) is 0 Å². The Morgan fingerprint density at radius 3 is 2.19 bits per heavy atom. The van der Waals surface area contributed by atoms with E-state index >= 15 is 0 Å². The van der Waals surface area contributed by atoms with Gasteiger partial charge < -0.3 is 55.3 Å².